The fourth-order valence-electron chi connectivity index (χ4n) is 3.08. The van der Waals surface area contributed by atoms with Gasteiger partial charge >= 0.3 is 12.4 Å². The second-order valence-electron chi connectivity index (χ2n) is 6.34. The van der Waals surface area contributed by atoms with Gasteiger partial charge in [-0.3, -0.25) is 0 Å². The summed E-state index contributed by atoms with van der Waals surface area (Å²) in [5.41, 5.74) is -1.70. The molecule has 0 aliphatic heterocycles. The minimum absolute atomic E-state index is 0.0403. The molecule has 0 spiro atoms. The van der Waals surface area contributed by atoms with Crippen LogP contribution in [0, 0.1) is 0 Å². The number of rotatable bonds is 2. The average Bonchev–Trinajstić information content (AvgIpc) is 2.88. The lowest BCUT2D eigenvalue weighted by Crippen LogP contribution is -2.36. The number of fused-ring (bicyclic) bond motifs is 1. The highest BCUT2D eigenvalue weighted by molar-refractivity contribution is 7.80. The number of benzene rings is 2. The summed E-state index contributed by atoms with van der Waals surface area (Å²) in [7, 11) is 0. The summed E-state index contributed by atoms with van der Waals surface area (Å²) in [6.07, 6.45) is -10.4. The molecule has 3 rings (SSSR count). The van der Waals surface area contributed by atoms with Crippen molar-refractivity contribution in [2.75, 3.05) is 5.32 Å². The standard InChI is InChI=1S/C18H14F6N2OS/c19-17(20,21)10-6-11(18(22,23)24)8-12(7-10)25-16(28)26-15-13-4-2-1-3-9(13)5-14(15)27/h1-4,6-8,14-15,27H,5H2,(H2,25,26,28)/t14-,15+/m1/s1. The molecule has 0 radical (unpaired) electrons. The first-order chi connectivity index (χ1) is 12.9. The number of hydrogen-bond acceptors (Lipinski definition) is 2. The van der Waals surface area contributed by atoms with Crippen molar-refractivity contribution in [2.24, 2.45) is 0 Å². The van der Waals surface area contributed by atoms with E-state index in [1.165, 1.54) is 0 Å². The van der Waals surface area contributed by atoms with Gasteiger partial charge in [0.25, 0.3) is 0 Å². The summed E-state index contributed by atoms with van der Waals surface area (Å²) in [5.74, 6) is 0. The number of aliphatic hydroxyl groups is 1. The molecule has 0 heterocycles. The monoisotopic (exact) mass is 420 g/mol. The Balaban J connectivity index is 1.82. The molecule has 3 nitrogen and oxygen atoms in total. The van der Waals surface area contributed by atoms with E-state index in [4.69, 9.17) is 12.2 Å². The molecule has 0 fully saturated rings. The van der Waals surface area contributed by atoms with Crippen LogP contribution in [-0.2, 0) is 18.8 Å². The summed E-state index contributed by atoms with van der Waals surface area (Å²) in [6.45, 7) is 0. The minimum Gasteiger partial charge on any atom is -0.390 e. The number of hydrogen-bond donors (Lipinski definition) is 3. The Kier molecular flexibility index (Phi) is 5.28. The first-order valence-corrected chi connectivity index (χ1v) is 8.49. The molecule has 0 saturated heterocycles. The SMILES string of the molecule is O[C@@H]1Cc2ccccc2[C@@H]1NC(=S)Nc1cc(C(F)(F)F)cc(C(F)(F)F)c1. The Morgan fingerprint density at radius 1 is 0.964 bits per heavy atom. The zero-order valence-corrected chi connectivity index (χ0v) is 14.8. The van der Waals surface area contributed by atoms with Crippen LogP contribution in [0.3, 0.4) is 0 Å². The largest absolute Gasteiger partial charge is 0.416 e. The van der Waals surface area contributed by atoms with Crippen molar-refractivity contribution in [1.82, 2.24) is 5.32 Å². The summed E-state index contributed by atoms with van der Waals surface area (Å²) >= 11 is 5.03. The van der Waals surface area contributed by atoms with Crippen LogP contribution in [0.5, 0.6) is 0 Å². The third-order valence-corrected chi connectivity index (χ3v) is 4.56. The smallest absolute Gasteiger partial charge is 0.390 e. The van der Waals surface area contributed by atoms with Crippen molar-refractivity contribution in [3.63, 3.8) is 0 Å². The van der Waals surface area contributed by atoms with Gasteiger partial charge in [-0.15, -0.1) is 0 Å². The van der Waals surface area contributed by atoms with Gasteiger partial charge in [-0.25, -0.2) is 0 Å². The van der Waals surface area contributed by atoms with Gasteiger partial charge < -0.3 is 15.7 Å². The van der Waals surface area contributed by atoms with Gasteiger partial charge in [-0.05, 0) is 41.5 Å². The Bertz CT molecular complexity index is 864. The van der Waals surface area contributed by atoms with Gasteiger partial charge in [0.15, 0.2) is 5.11 Å². The number of thiocarbonyl (C=S) groups is 1. The van der Waals surface area contributed by atoms with Gasteiger partial charge in [0.2, 0.25) is 0 Å². The van der Waals surface area contributed by atoms with Crippen LogP contribution in [0.15, 0.2) is 42.5 Å². The highest BCUT2D eigenvalue weighted by Gasteiger charge is 2.37. The number of aliphatic hydroxyl groups excluding tert-OH is 1. The lowest BCUT2D eigenvalue weighted by atomic mass is 10.1. The van der Waals surface area contributed by atoms with E-state index in [0.717, 1.165) is 11.1 Å². The maximum absolute atomic E-state index is 12.9. The molecule has 0 bridgehead atoms. The molecule has 150 valence electrons. The van der Waals surface area contributed by atoms with E-state index in [-0.39, 0.29) is 11.2 Å². The maximum Gasteiger partial charge on any atom is 0.416 e. The van der Waals surface area contributed by atoms with Crippen molar-refractivity contribution in [3.05, 3.63) is 64.7 Å². The number of nitrogens with one attached hydrogen (secondary N) is 2. The second kappa shape index (κ2) is 7.25. The van der Waals surface area contributed by atoms with Gasteiger partial charge in [-0.2, -0.15) is 26.3 Å². The summed E-state index contributed by atoms with van der Waals surface area (Å²) in [6, 6.07) is 7.64. The third kappa shape index (κ3) is 4.39. The molecule has 1 aliphatic carbocycles. The van der Waals surface area contributed by atoms with Crippen LogP contribution >= 0.6 is 12.2 Å². The van der Waals surface area contributed by atoms with Crippen LogP contribution in [0.2, 0.25) is 0 Å². The summed E-state index contributed by atoms with van der Waals surface area (Å²) in [4.78, 5) is 0. The first kappa shape index (κ1) is 20.4. The zero-order chi connectivity index (χ0) is 20.7. The van der Waals surface area contributed by atoms with Crippen molar-refractivity contribution in [1.29, 1.82) is 0 Å². The molecule has 3 N–H and O–H groups in total. The Morgan fingerprint density at radius 3 is 2.11 bits per heavy atom. The Morgan fingerprint density at radius 2 is 1.54 bits per heavy atom. The topological polar surface area (TPSA) is 44.3 Å². The van der Waals surface area contributed by atoms with E-state index >= 15 is 0 Å². The van der Waals surface area contributed by atoms with Gasteiger partial charge in [0, 0.05) is 12.1 Å². The fourth-order valence-corrected chi connectivity index (χ4v) is 3.33. The number of halogens is 6. The molecule has 2 aromatic carbocycles. The molecular formula is C18H14F6N2OS. The lowest BCUT2D eigenvalue weighted by Gasteiger charge is -2.21. The summed E-state index contributed by atoms with van der Waals surface area (Å²) < 4.78 is 77.6. The van der Waals surface area contributed by atoms with Crippen molar-refractivity contribution in [3.8, 4) is 0 Å². The predicted octanol–water partition coefficient (Wildman–Crippen LogP) is 4.67. The van der Waals surface area contributed by atoms with Crippen molar-refractivity contribution < 1.29 is 31.4 Å². The van der Waals surface area contributed by atoms with Crippen LogP contribution in [0.25, 0.3) is 0 Å². The molecule has 28 heavy (non-hydrogen) atoms. The van der Waals surface area contributed by atoms with E-state index < -0.39 is 41.3 Å². The molecule has 0 unspecified atom stereocenters. The van der Waals surface area contributed by atoms with Gasteiger partial charge in [0.1, 0.15) is 0 Å². The Hall–Kier alpha value is -2.33. The van der Waals surface area contributed by atoms with Crippen molar-refractivity contribution >= 4 is 23.0 Å². The normalized spacial score (nSPS) is 19.2. The molecular weight excluding hydrogens is 406 g/mol. The predicted molar refractivity (Wildman–Crippen MR) is 94.7 cm³/mol. The summed E-state index contributed by atoms with van der Waals surface area (Å²) in [5, 5.41) is 15.1. The Labute approximate surface area is 161 Å². The van der Waals surface area contributed by atoms with Crippen molar-refractivity contribution in [2.45, 2.75) is 30.9 Å². The lowest BCUT2D eigenvalue weighted by molar-refractivity contribution is -0.143. The van der Waals surface area contributed by atoms with E-state index in [2.05, 4.69) is 10.6 Å². The fraction of sp³-hybridized carbons (Fsp3) is 0.278. The van der Waals surface area contributed by atoms with E-state index in [0.29, 0.717) is 18.6 Å². The van der Waals surface area contributed by atoms with E-state index in [1.807, 2.05) is 6.07 Å². The quantitative estimate of drug-likeness (QED) is 0.488. The van der Waals surface area contributed by atoms with E-state index in [1.54, 1.807) is 18.2 Å². The number of anilines is 1. The number of alkyl halides is 6. The highest BCUT2D eigenvalue weighted by Crippen LogP contribution is 2.37. The molecule has 2 aromatic rings. The molecule has 0 aromatic heterocycles. The molecule has 10 heteroatoms. The molecule has 0 amide bonds. The second-order valence-corrected chi connectivity index (χ2v) is 6.75. The zero-order valence-electron chi connectivity index (χ0n) is 14.0. The molecule has 2 atom stereocenters. The van der Waals surface area contributed by atoms with Crippen LogP contribution < -0.4 is 10.6 Å². The average molecular weight is 420 g/mol. The van der Waals surface area contributed by atoms with Crippen LogP contribution in [0.4, 0.5) is 32.0 Å². The molecule has 1 aliphatic rings. The van der Waals surface area contributed by atoms with E-state index in [9.17, 15) is 31.4 Å². The van der Waals surface area contributed by atoms with Crippen LogP contribution in [-0.4, -0.2) is 16.3 Å². The molecule has 0 saturated carbocycles. The van der Waals surface area contributed by atoms with Gasteiger partial charge in [0.05, 0.1) is 23.3 Å². The maximum atomic E-state index is 12.9. The minimum atomic E-state index is -4.95. The highest BCUT2D eigenvalue weighted by atomic mass is 32.1. The third-order valence-electron chi connectivity index (χ3n) is 4.34. The van der Waals surface area contributed by atoms with Crippen LogP contribution in [0.1, 0.15) is 28.3 Å². The first-order valence-electron chi connectivity index (χ1n) is 8.08. The van der Waals surface area contributed by atoms with Gasteiger partial charge in [-0.1, -0.05) is 24.3 Å².